The Morgan fingerprint density at radius 1 is 1.58 bits per heavy atom. The van der Waals surface area contributed by atoms with Gasteiger partial charge in [-0.25, -0.2) is 4.39 Å². The van der Waals surface area contributed by atoms with Crippen molar-refractivity contribution in [2.24, 2.45) is 5.92 Å². The molecule has 1 aliphatic heterocycles. The van der Waals surface area contributed by atoms with Crippen molar-refractivity contribution >= 4 is 18.3 Å². The average Bonchev–Trinajstić information content (AvgIpc) is 2.89. The fraction of sp³-hybridized carbons (Fsp3) is 0.462. The van der Waals surface area contributed by atoms with Gasteiger partial charge >= 0.3 is 0 Å². The molecular weight excluding hydrogens is 271 g/mol. The van der Waals surface area contributed by atoms with Crippen LogP contribution in [0.25, 0.3) is 0 Å². The van der Waals surface area contributed by atoms with Crippen molar-refractivity contribution in [3.8, 4) is 0 Å². The SMILES string of the molecule is Cl.O=C(NCC(O)c1cccc(F)c1)C1CCNC1. The Morgan fingerprint density at radius 2 is 2.37 bits per heavy atom. The molecule has 1 fully saturated rings. The summed E-state index contributed by atoms with van der Waals surface area (Å²) in [5, 5.41) is 15.6. The van der Waals surface area contributed by atoms with Crippen molar-refractivity contribution in [3.05, 3.63) is 35.6 Å². The van der Waals surface area contributed by atoms with Gasteiger partial charge in [-0.2, -0.15) is 0 Å². The molecule has 2 atom stereocenters. The number of aliphatic hydroxyl groups excluding tert-OH is 1. The van der Waals surface area contributed by atoms with Gasteiger partial charge in [0.2, 0.25) is 5.91 Å². The molecule has 106 valence electrons. The molecule has 0 radical (unpaired) electrons. The first kappa shape index (κ1) is 15.9. The van der Waals surface area contributed by atoms with E-state index in [1.807, 2.05) is 0 Å². The first-order valence-electron chi connectivity index (χ1n) is 6.09. The maximum absolute atomic E-state index is 13.0. The smallest absolute Gasteiger partial charge is 0.224 e. The van der Waals surface area contributed by atoms with E-state index in [9.17, 15) is 14.3 Å². The number of halogens is 2. The van der Waals surface area contributed by atoms with E-state index in [2.05, 4.69) is 10.6 Å². The van der Waals surface area contributed by atoms with E-state index in [4.69, 9.17) is 0 Å². The molecule has 3 N–H and O–H groups in total. The van der Waals surface area contributed by atoms with Crippen molar-refractivity contribution in [2.45, 2.75) is 12.5 Å². The average molecular weight is 289 g/mol. The summed E-state index contributed by atoms with van der Waals surface area (Å²) in [5.41, 5.74) is 0.472. The van der Waals surface area contributed by atoms with Crippen molar-refractivity contribution in [1.29, 1.82) is 0 Å². The lowest BCUT2D eigenvalue weighted by Gasteiger charge is -2.14. The zero-order valence-corrected chi connectivity index (χ0v) is 11.3. The largest absolute Gasteiger partial charge is 0.387 e. The van der Waals surface area contributed by atoms with Crippen LogP contribution < -0.4 is 10.6 Å². The van der Waals surface area contributed by atoms with Gasteiger partial charge in [-0.3, -0.25) is 4.79 Å². The van der Waals surface area contributed by atoms with Crippen LogP contribution in [0, 0.1) is 11.7 Å². The summed E-state index contributed by atoms with van der Waals surface area (Å²) in [6, 6.07) is 5.76. The number of carbonyl (C=O) groups excluding carboxylic acids is 1. The molecule has 19 heavy (non-hydrogen) atoms. The van der Waals surface area contributed by atoms with Crippen LogP contribution in [0.2, 0.25) is 0 Å². The molecule has 1 aliphatic rings. The minimum atomic E-state index is -0.876. The van der Waals surface area contributed by atoms with Gasteiger partial charge in [0.1, 0.15) is 5.82 Å². The maximum atomic E-state index is 13.0. The normalized spacial score (nSPS) is 19.6. The van der Waals surface area contributed by atoms with E-state index in [1.54, 1.807) is 6.07 Å². The fourth-order valence-electron chi connectivity index (χ4n) is 2.05. The molecule has 1 heterocycles. The Kier molecular flexibility index (Phi) is 6.21. The second-order valence-corrected chi connectivity index (χ2v) is 4.51. The van der Waals surface area contributed by atoms with Gasteiger partial charge in [0, 0.05) is 13.1 Å². The second kappa shape index (κ2) is 7.43. The van der Waals surface area contributed by atoms with Crippen LogP contribution in [-0.4, -0.2) is 30.6 Å². The van der Waals surface area contributed by atoms with Crippen molar-refractivity contribution in [2.75, 3.05) is 19.6 Å². The third kappa shape index (κ3) is 4.45. The molecule has 0 aliphatic carbocycles. The standard InChI is InChI=1S/C13H17FN2O2.ClH/c14-11-3-1-2-9(6-11)12(17)8-16-13(18)10-4-5-15-7-10;/h1-3,6,10,12,15,17H,4-5,7-8H2,(H,16,18);1H. The number of carbonyl (C=O) groups is 1. The lowest BCUT2D eigenvalue weighted by Crippen LogP contribution is -2.34. The number of hydrogen-bond donors (Lipinski definition) is 3. The predicted molar refractivity (Wildman–Crippen MR) is 72.6 cm³/mol. The van der Waals surface area contributed by atoms with Crippen LogP contribution in [0.5, 0.6) is 0 Å². The summed E-state index contributed by atoms with van der Waals surface area (Å²) < 4.78 is 13.0. The van der Waals surface area contributed by atoms with Gasteiger partial charge in [-0.1, -0.05) is 12.1 Å². The summed E-state index contributed by atoms with van der Waals surface area (Å²) in [7, 11) is 0. The maximum Gasteiger partial charge on any atom is 0.224 e. The van der Waals surface area contributed by atoms with Gasteiger partial charge in [-0.05, 0) is 30.7 Å². The van der Waals surface area contributed by atoms with Gasteiger partial charge in [0.25, 0.3) is 0 Å². The third-order valence-corrected chi connectivity index (χ3v) is 3.13. The van der Waals surface area contributed by atoms with Crippen molar-refractivity contribution < 1.29 is 14.3 Å². The molecule has 6 heteroatoms. The van der Waals surface area contributed by atoms with Crippen LogP contribution in [0.1, 0.15) is 18.1 Å². The van der Waals surface area contributed by atoms with Crippen LogP contribution in [0.15, 0.2) is 24.3 Å². The molecule has 1 aromatic rings. The zero-order chi connectivity index (χ0) is 13.0. The summed E-state index contributed by atoms with van der Waals surface area (Å²) in [5.74, 6) is -0.474. The van der Waals surface area contributed by atoms with Gasteiger partial charge < -0.3 is 15.7 Å². The molecule has 4 nitrogen and oxygen atoms in total. The Labute approximate surface area is 117 Å². The van der Waals surface area contributed by atoms with Crippen molar-refractivity contribution in [3.63, 3.8) is 0 Å². The molecule has 1 saturated heterocycles. The Bertz CT molecular complexity index is 425. The Hall–Kier alpha value is -1.17. The van der Waals surface area contributed by atoms with Crippen LogP contribution >= 0.6 is 12.4 Å². The number of hydrogen-bond acceptors (Lipinski definition) is 3. The minimum Gasteiger partial charge on any atom is -0.387 e. The lowest BCUT2D eigenvalue weighted by atomic mass is 10.1. The number of aliphatic hydroxyl groups is 1. The lowest BCUT2D eigenvalue weighted by molar-refractivity contribution is -0.124. The topological polar surface area (TPSA) is 61.4 Å². The molecule has 1 aromatic carbocycles. The molecule has 0 aromatic heterocycles. The minimum absolute atomic E-state index is 0. The highest BCUT2D eigenvalue weighted by Gasteiger charge is 2.22. The molecule has 0 saturated carbocycles. The molecule has 0 spiro atoms. The van der Waals surface area contributed by atoms with Crippen LogP contribution in [-0.2, 0) is 4.79 Å². The van der Waals surface area contributed by atoms with Gasteiger partial charge in [0.05, 0.1) is 12.0 Å². The third-order valence-electron chi connectivity index (χ3n) is 3.13. The highest BCUT2D eigenvalue weighted by molar-refractivity contribution is 5.85. The van der Waals surface area contributed by atoms with Gasteiger partial charge in [-0.15, -0.1) is 12.4 Å². The first-order chi connectivity index (χ1) is 8.66. The summed E-state index contributed by atoms with van der Waals surface area (Å²) in [4.78, 5) is 11.7. The molecule has 2 unspecified atom stereocenters. The monoisotopic (exact) mass is 288 g/mol. The zero-order valence-electron chi connectivity index (χ0n) is 10.4. The summed E-state index contributed by atoms with van der Waals surface area (Å²) >= 11 is 0. The summed E-state index contributed by atoms with van der Waals surface area (Å²) in [6.45, 7) is 1.64. The van der Waals surface area contributed by atoms with E-state index in [0.29, 0.717) is 12.1 Å². The van der Waals surface area contributed by atoms with E-state index < -0.39 is 11.9 Å². The highest BCUT2D eigenvalue weighted by Crippen LogP contribution is 2.14. The number of benzene rings is 1. The van der Waals surface area contributed by atoms with E-state index in [0.717, 1.165) is 13.0 Å². The van der Waals surface area contributed by atoms with Gasteiger partial charge in [0.15, 0.2) is 0 Å². The number of nitrogens with one attached hydrogen (secondary N) is 2. The predicted octanol–water partition coefficient (Wildman–Crippen LogP) is 1.01. The van der Waals surface area contributed by atoms with Crippen LogP contribution in [0.4, 0.5) is 4.39 Å². The highest BCUT2D eigenvalue weighted by atomic mass is 35.5. The van der Waals surface area contributed by atoms with E-state index in [-0.39, 0.29) is 30.8 Å². The molecular formula is C13H18ClFN2O2. The first-order valence-corrected chi connectivity index (χ1v) is 6.09. The summed E-state index contributed by atoms with van der Waals surface area (Å²) in [6.07, 6.45) is -0.0546. The Balaban J connectivity index is 0.00000180. The fourth-order valence-corrected chi connectivity index (χ4v) is 2.05. The van der Waals surface area contributed by atoms with Crippen molar-refractivity contribution in [1.82, 2.24) is 10.6 Å². The molecule has 2 rings (SSSR count). The van der Waals surface area contributed by atoms with E-state index >= 15 is 0 Å². The molecule has 0 bridgehead atoms. The number of amides is 1. The second-order valence-electron chi connectivity index (χ2n) is 4.51. The number of rotatable bonds is 4. The molecule has 1 amide bonds. The Morgan fingerprint density at radius 3 is 3.00 bits per heavy atom. The van der Waals surface area contributed by atoms with Crippen LogP contribution in [0.3, 0.4) is 0 Å². The quantitative estimate of drug-likeness (QED) is 0.775. The van der Waals surface area contributed by atoms with E-state index in [1.165, 1.54) is 18.2 Å².